The SMILES string of the molecule is O=C(c1ccc(-n2cc(-c3n[nH]c4ccccc34)nn2)cc1)N(CCO)C1CCCCC1. The zero-order valence-corrected chi connectivity index (χ0v) is 17.8. The second-order valence-corrected chi connectivity index (χ2v) is 8.23. The van der Waals surface area contributed by atoms with Crippen molar-refractivity contribution in [2.75, 3.05) is 13.2 Å². The van der Waals surface area contributed by atoms with Crippen LogP contribution in [-0.4, -0.2) is 60.3 Å². The number of aromatic amines is 1. The van der Waals surface area contributed by atoms with E-state index < -0.39 is 0 Å². The molecule has 8 heteroatoms. The van der Waals surface area contributed by atoms with Gasteiger partial charge >= 0.3 is 0 Å². The van der Waals surface area contributed by atoms with Gasteiger partial charge in [-0.25, -0.2) is 4.68 Å². The van der Waals surface area contributed by atoms with Crippen LogP contribution in [0.25, 0.3) is 28.0 Å². The summed E-state index contributed by atoms with van der Waals surface area (Å²) < 4.78 is 1.68. The molecule has 8 nitrogen and oxygen atoms in total. The number of fused-ring (bicyclic) bond motifs is 1. The first kappa shape index (κ1) is 20.4. The Morgan fingerprint density at radius 2 is 1.88 bits per heavy atom. The third-order valence-corrected chi connectivity index (χ3v) is 6.20. The summed E-state index contributed by atoms with van der Waals surface area (Å²) in [5, 5.41) is 26.4. The van der Waals surface area contributed by atoms with Crippen molar-refractivity contribution in [3.63, 3.8) is 0 Å². The lowest BCUT2D eigenvalue weighted by Crippen LogP contribution is -2.43. The number of nitrogens with one attached hydrogen (secondary N) is 1. The van der Waals surface area contributed by atoms with E-state index in [2.05, 4.69) is 20.5 Å². The second kappa shape index (κ2) is 8.92. The van der Waals surface area contributed by atoms with Crippen molar-refractivity contribution >= 4 is 16.8 Å². The highest BCUT2D eigenvalue weighted by molar-refractivity contribution is 5.94. The number of aliphatic hydroxyl groups excluding tert-OH is 1. The Balaban J connectivity index is 1.36. The molecule has 0 radical (unpaired) electrons. The van der Waals surface area contributed by atoms with Crippen LogP contribution < -0.4 is 0 Å². The molecule has 0 bridgehead atoms. The summed E-state index contributed by atoms with van der Waals surface area (Å²) >= 11 is 0. The zero-order valence-electron chi connectivity index (χ0n) is 17.8. The minimum atomic E-state index is -0.0280. The van der Waals surface area contributed by atoms with Crippen molar-refractivity contribution in [3.8, 4) is 17.1 Å². The van der Waals surface area contributed by atoms with Gasteiger partial charge in [-0.3, -0.25) is 9.89 Å². The summed E-state index contributed by atoms with van der Waals surface area (Å²) in [5.41, 5.74) is 3.81. The van der Waals surface area contributed by atoms with E-state index in [4.69, 9.17) is 0 Å². The number of carbonyl (C=O) groups is 1. The molecule has 4 aromatic rings. The number of nitrogens with zero attached hydrogens (tertiary/aromatic N) is 5. The number of amides is 1. The summed E-state index contributed by atoms with van der Waals surface area (Å²) in [6.45, 7) is 0.346. The number of hydrogen-bond donors (Lipinski definition) is 2. The summed E-state index contributed by atoms with van der Waals surface area (Å²) in [6, 6.07) is 15.5. The first-order valence-corrected chi connectivity index (χ1v) is 11.1. The van der Waals surface area contributed by atoms with Crippen LogP contribution in [0.3, 0.4) is 0 Å². The molecule has 1 aliphatic rings. The topological polar surface area (TPSA) is 99.9 Å². The number of benzene rings is 2. The number of hydrogen-bond acceptors (Lipinski definition) is 5. The van der Waals surface area contributed by atoms with Gasteiger partial charge in [0.25, 0.3) is 5.91 Å². The van der Waals surface area contributed by atoms with E-state index in [1.807, 2.05) is 59.6 Å². The summed E-state index contributed by atoms with van der Waals surface area (Å²) in [5.74, 6) is -0.0280. The lowest BCUT2D eigenvalue weighted by Gasteiger charge is -2.34. The highest BCUT2D eigenvalue weighted by Crippen LogP contribution is 2.26. The van der Waals surface area contributed by atoms with Crippen LogP contribution in [-0.2, 0) is 0 Å². The van der Waals surface area contributed by atoms with Gasteiger partial charge in [0.05, 0.1) is 24.0 Å². The Morgan fingerprint density at radius 3 is 2.66 bits per heavy atom. The number of H-pyrrole nitrogens is 1. The molecule has 2 aromatic carbocycles. The summed E-state index contributed by atoms with van der Waals surface area (Å²) in [4.78, 5) is 15.0. The molecule has 164 valence electrons. The molecule has 0 unspecified atom stereocenters. The molecule has 0 aliphatic heterocycles. The van der Waals surface area contributed by atoms with Crippen LogP contribution in [0.1, 0.15) is 42.5 Å². The maximum absolute atomic E-state index is 13.1. The van der Waals surface area contributed by atoms with Gasteiger partial charge in [0.1, 0.15) is 11.4 Å². The number of para-hydroxylation sites is 1. The first-order chi connectivity index (χ1) is 15.7. The van der Waals surface area contributed by atoms with Gasteiger partial charge in [-0.1, -0.05) is 42.7 Å². The monoisotopic (exact) mass is 430 g/mol. The van der Waals surface area contributed by atoms with E-state index in [1.165, 1.54) is 6.42 Å². The summed E-state index contributed by atoms with van der Waals surface area (Å²) in [6.07, 6.45) is 7.35. The maximum atomic E-state index is 13.1. The molecule has 2 aromatic heterocycles. The minimum absolute atomic E-state index is 0.0239. The molecule has 0 atom stereocenters. The van der Waals surface area contributed by atoms with Gasteiger partial charge < -0.3 is 10.0 Å². The molecule has 5 rings (SSSR count). The predicted molar refractivity (Wildman–Crippen MR) is 121 cm³/mol. The summed E-state index contributed by atoms with van der Waals surface area (Å²) in [7, 11) is 0. The Kier molecular flexibility index (Phi) is 5.68. The number of carbonyl (C=O) groups excluding carboxylic acids is 1. The minimum Gasteiger partial charge on any atom is -0.395 e. The smallest absolute Gasteiger partial charge is 0.254 e. The van der Waals surface area contributed by atoms with Crippen LogP contribution in [0, 0.1) is 0 Å². The lowest BCUT2D eigenvalue weighted by molar-refractivity contribution is 0.0585. The Hall–Kier alpha value is -3.52. The molecular formula is C24H26N6O2. The zero-order chi connectivity index (χ0) is 21.9. The fourth-order valence-electron chi connectivity index (χ4n) is 4.53. The largest absolute Gasteiger partial charge is 0.395 e. The van der Waals surface area contributed by atoms with Crippen molar-refractivity contribution in [3.05, 3.63) is 60.3 Å². The Morgan fingerprint density at radius 1 is 1.09 bits per heavy atom. The molecule has 1 fully saturated rings. The van der Waals surface area contributed by atoms with Crippen LogP contribution >= 0.6 is 0 Å². The normalized spacial score (nSPS) is 14.7. The molecule has 2 heterocycles. The quantitative estimate of drug-likeness (QED) is 0.487. The molecule has 1 aliphatic carbocycles. The van der Waals surface area contributed by atoms with Crippen molar-refractivity contribution in [2.45, 2.75) is 38.1 Å². The molecule has 1 saturated carbocycles. The third-order valence-electron chi connectivity index (χ3n) is 6.20. The van der Waals surface area contributed by atoms with E-state index in [9.17, 15) is 9.90 Å². The van der Waals surface area contributed by atoms with E-state index in [0.717, 1.165) is 48.0 Å². The van der Waals surface area contributed by atoms with Gasteiger partial charge in [0.15, 0.2) is 0 Å². The third kappa shape index (κ3) is 3.89. The standard InChI is InChI=1S/C24H26N6O2/c31-15-14-29(18-6-2-1-3-7-18)24(32)17-10-12-19(13-11-17)30-16-22(26-28-30)23-20-8-4-5-9-21(20)25-27-23/h4-5,8-13,16,18,31H,1-3,6-7,14-15H2,(H,25,27). The molecule has 0 spiro atoms. The van der Waals surface area contributed by atoms with E-state index >= 15 is 0 Å². The molecule has 2 N–H and O–H groups in total. The van der Waals surface area contributed by atoms with Crippen molar-refractivity contribution in [1.29, 1.82) is 0 Å². The highest BCUT2D eigenvalue weighted by atomic mass is 16.3. The van der Waals surface area contributed by atoms with Gasteiger partial charge in [-0.2, -0.15) is 5.10 Å². The molecule has 32 heavy (non-hydrogen) atoms. The Bertz CT molecular complexity index is 1210. The van der Waals surface area contributed by atoms with Crippen molar-refractivity contribution in [2.24, 2.45) is 0 Å². The average molecular weight is 431 g/mol. The number of aliphatic hydroxyl groups is 1. The first-order valence-electron chi connectivity index (χ1n) is 11.1. The van der Waals surface area contributed by atoms with Gasteiger partial charge in [-0.15, -0.1) is 5.10 Å². The predicted octanol–water partition coefficient (Wildman–Crippen LogP) is 3.58. The van der Waals surface area contributed by atoms with Crippen LogP contribution in [0.2, 0.25) is 0 Å². The van der Waals surface area contributed by atoms with E-state index in [0.29, 0.717) is 17.8 Å². The molecule has 0 saturated heterocycles. The lowest BCUT2D eigenvalue weighted by atomic mass is 9.93. The fraction of sp³-hybridized carbons (Fsp3) is 0.333. The molecular weight excluding hydrogens is 404 g/mol. The highest BCUT2D eigenvalue weighted by Gasteiger charge is 2.26. The van der Waals surface area contributed by atoms with Gasteiger partial charge in [0.2, 0.25) is 0 Å². The average Bonchev–Trinajstić information content (AvgIpc) is 3.50. The van der Waals surface area contributed by atoms with Crippen molar-refractivity contribution in [1.82, 2.24) is 30.1 Å². The van der Waals surface area contributed by atoms with Crippen LogP contribution in [0.5, 0.6) is 0 Å². The second-order valence-electron chi connectivity index (χ2n) is 8.23. The van der Waals surface area contributed by atoms with Gasteiger partial charge in [-0.05, 0) is 43.2 Å². The van der Waals surface area contributed by atoms with Crippen LogP contribution in [0.4, 0.5) is 0 Å². The number of aromatic nitrogens is 5. The van der Waals surface area contributed by atoms with E-state index in [1.54, 1.807) is 4.68 Å². The maximum Gasteiger partial charge on any atom is 0.254 e. The molecule has 1 amide bonds. The van der Waals surface area contributed by atoms with Crippen LogP contribution in [0.15, 0.2) is 54.7 Å². The fourth-order valence-corrected chi connectivity index (χ4v) is 4.53. The number of rotatable bonds is 6. The van der Waals surface area contributed by atoms with E-state index in [-0.39, 0.29) is 18.6 Å². The Labute approximate surface area is 185 Å². The van der Waals surface area contributed by atoms with Crippen molar-refractivity contribution < 1.29 is 9.90 Å². The van der Waals surface area contributed by atoms with Gasteiger partial charge in [0, 0.05) is 23.5 Å².